The molecule has 2 heterocycles. The topological polar surface area (TPSA) is 61.0 Å². The maximum absolute atomic E-state index is 6.11. The van der Waals surface area contributed by atoms with Gasteiger partial charge in [-0.2, -0.15) is 0 Å². The van der Waals surface area contributed by atoms with Crippen LogP contribution < -0.4 is 10.5 Å². The van der Waals surface area contributed by atoms with Gasteiger partial charge >= 0.3 is 0 Å². The van der Waals surface area contributed by atoms with E-state index in [0.717, 1.165) is 10.6 Å². The second-order valence-corrected chi connectivity index (χ2v) is 4.32. The second kappa shape index (κ2) is 5.05. The lowest BCUT2D eigenvalue weighted by Gasteiger charge is -2.13. The Morgan fingerprint density at radius 1 is 1.44 bits per heavy atom. The number of nitrogens with zero attached hydrogens (tertiary/aromatic N) is 2. The van der Waals surface area contributed by atoms with Gasteiger partial charge in [0.2, 0.25) is 5.88 Å². The molecule has 0 saturated heterocycles. The number of aromatic nitrogens is 2. The van der Waals surface area contributed by atoms with Crippen LogP contribution in [0.1, 0.15) is 16.6 Å². The average Bonchev–Trinajstić information content (AvgIpc) is 2.81. The van der Waals surface area contributed by atoms with Crippen molar-refractivity contribution in [2.24, 2.45) is 5.73 Å². The molecule has 16 heavy (non-hydrogen) atoms. The van der Waals surface area contributed by atoms with Crippen molar-refractivity contribution in [2.45, 2.75) is 12.5 Å². The molecular weight excluding hydrogens is 222 g/mol. The Balaban J connectivity index is 2.17. The van der Waals surface area contributed by atoms with Crippen molar-refractivity contribution < 1.29 is 4.74 Å². The van der Waals surface area contributed by atoms with Crippen LogP contribution in [-0.4, -0.2) is 17.1 Å². The largest absolute Gasteiger partial charge is 0.481 e. The standard InChI is InChI=1S/C11H13N3OS/c1-15-11-8(3-2-4-14-11)9(12)7-10-13-5-6-16-10/h2-6,9H,7,12H2,1H3. The summed E-state index contributed by atoms with van der Waals surface area (Å²) in [4.78, 5) is 8.34. The third-order valence-corrected chi connectivity index (χ3v) is 3.07. The fourth-order valence-corrected chi connectivity index (χ4v) is 2.18. The molecule has 2 N–H and O–H groups in total. The summed E-state index contributed by atoms with van der Waals surface area (Å²) in [6, 6.07) is 3.67. The molecule has 0 radical (unpaired) electrons. The quantitative estimate of drug-likeness (QED) is 0.877. The molecule has 2 rings (SSSR count). The van der Waals surface area contributed by atoms with E-state index >= 15 is 0 Å². The van der Waals surface area contributed by atoms with Crippen molar-refractivity contribution in [2.75, 3.05) is 7.11 Å². The van der Waals surface area contributed by atoms with E-state index in [9.17, 15) is 0 Å². The Morgan fingerprint density at radius 3 is 3.00 bits per heavy atom. The molecular formula is C11H13N3OS. The first kappa shape index (κ1) is 11.0. The molecule has 0 fully saturated rings. The molecule has 84 valence electrons. The second-order valence-electron chi connectivity index (χ2n) is 3.34. The number of ether oxygens (including phenoxy) is 1. The molecule has 0 bridgehead atoms. The minimum absolute atomic E-state index is 0.130. The predicted molar refractivity (Wildman–Crippen MR) is 63.5 cm³/mol. The molecule has 1 unspecified atom stereocenters. The highest BCUT2D eigenvalue weighted by atomic mass is 32.1. The lowest BCUT2D eigenvalue weighted by molar-refractivity contribution is 0.388. The van der Waals surface area contributed by atoms with Crippen LogP contribution in [0.5, 0.6) is 5.88 Å². The van der Waals surface area contributed by atoms with Gasteiger partial charge < -0.3 is 10.5 Å². The summed E-state index contributed by atoms with van der Waals surface area (Å²) in [5, 5.41) is 2.97. The van der Waals surface area contributed by atoms with E-state index in [4.69, 9.17) is 10.5 Å². The van der Waals surface area contributed by atoms with Crippen molar-refractivity contribution >= 4 is 11.3 Å². The van der Waals surface area contributed by atoms with Gasteiger partial charge in [-0.25, -0.2) is 9.97 Å². The van der Waals surface area contributed by atoms with E-state index in [1.165, 1.54) is 0 Å². The minimum Gasteiger partial charge on any atom is -0.481 e. The lowest BCUT2D eigenvalue weighted by atomic mass is 10.1. The van der Waals surface area contributed by atoms with Crippen molar-refractivity contribution in [3.63, 3.8) is 0 Å². The Hall–Kier alpha value is -1.46. The Bertz CT molecular complexity index is 444. The number of nitrogens with two attached hydrogens (primary N) is 1. The van der Waals surface area contributed by atoms with Crippen LogP contribution in [0.4, 0.5) is 0 Å². The highest BCUT2D eigenvalue weighted by molar-refractivity contribution is 7.09. The van der Waals surface area contributed by atoms with Gasteiger partial charge in [-0.3, -0.25) is 0 Å². The van der Waals surface area contributed by atoms with Crippen LogP contribution >= 0.6 is 11.3 Å². The van der Waals surface area contributed by atoms with Gasteiger partial charge in [0, 0.05) is 35.8 Å². The monoisotopic (exact) mass is 235 g/mol. The first-order valence-corrected chi connectivity index (χ1v) is 5.82. The Morgan fingerprint density at radius 2 is 2.31 bits per heavy atom. The number of hydrogen-bond acceptors (Lipinski definition) is 5. The van der Waals surface area contributed by atoms with Crippen LogP contribution in [0.25, 0.3) is 0 Å². The minimum atomic E-state index is -0.130. The Labute approximate surface area is 98.1 Å². The molecule has 2 aromatic rings. The zero-order valence-electron chi connectivity index (χ0n) is 8.96. The number of methoxy groups -OCH3 is 1. The van der Waals surface area contributed by atoms with E-state index in [0.29, 0.717) is 12.3 Å². The zero-order chi connectivity index (χ0) is 11.4. The van der Waals surface area contributed by atoms with Crippen molar-refractivity contribution in [3.8, 4) is 5.88 Å². The number of thiazole rings is 1. The molecule has 5 heteroatoms. The molecule has 1 atom stereocenters. The summed E-state index contributed by atoms with van der Waals surface area (Å²) in [7, 11) is 1.60. The van der Waals surface area contributed by atoms with Gasteiger partial charge in [0.05, 0.1) is 12.1 Å². The van der Waals surface area contributed by atoms with Gasteiger partial charge in [-0.05, 0) is 6.07 Å². The van der Waals surface area contributed by atoms with Crippen LogP contribution in [0.15, 0.2) is 29.9 Å². The highest BCUT2D eigenvalue weighted by Gasteiger charge is 2.13. The van der Waals surface area contributed by atoms with E-state index in [2.05, 4.69) is 9.97 Å². The maximum Gasteiger partial charge on any atom is 0.217 e. The highest BCUT2D eigenvalue weighted by Crippen LogP contribution is 2.23. The van der Waals surface area contributed by atoms with Crippen molar-refractivity contribution in [3.05, 3.63) is 40.5 Å². The van der Waals surface area contributed by atoms with Gasteiger partial charge in [0.15, 0.2) is 0 Å². The fourth-order valence-electron chi connectivity index (χ4n) is 1.51. The SMILES string of the molecule is COc1ncccc1C(N)Cc1nccs1. The molecule has 0 aliphatic carbocycles. The fraction of sp³-hybridized carbons (Fsp3) is 0.273. The maximum atomic E-state index is 6.11. The summed E-state index contributed by atoms with van der Waals surface area (Å²) in [5.41, 5.74) is 7.03. The van der Waals surface area contributed by atoms with Crippen LogP contribution in [0.3, 0.4) is 0 Å². The third kappa shape index (κ3) is 2.37. The lowest BCUT2D eigenvalue weighted by Crippen LogP contribution is -2.14. The van der Waals surface area contributed by atoms with E-state index in [1.807, 2.05) is 17.5 Å². The molecule has 4 nitrogen and oxygen atoms in total. The molecule has 0 aliphatic rings. The van der Waals surface area contributed by atoms with Crippen molar-refractivity contribution in [1.29, 1.82) is 0 Å². The predicted octanol–water partition coefficient (Wildman–Crippen LogP) is 1.79. The van der Waals surface area contributed by atoms with Crippen LogP contribution in [0.2, 0.25) is 0 Å². The van der Waals surface area contributed by atoms with Crippen molar-refractivity contribution in [1.82, 2.24) is 9.97 Å². The number of pyridine rings is 1. The third-order valence-electron chi connectivity index (χ3n) is 2.27. The van der Waals surface area contributed by atoms with E-state index < -0.39 is 0 Å². The normalized spacial score (nSPS) is 12.4. The van der Waals surface area contributed by atoms with Crippen LogP contribution in [0, 0.1) is 0 Å². The first-order valence-electron chi connectivity index (χ1n) is 4.94. The number of hydrogen-bond donors (Lipinski definition) is 1. The summed E-state index contributed by atoms with van der Waals surface area (Å²) in [6.45, 7) is 0. The molecule has 0 aromatic carbocycles. The average molecular weight is 235 g/mol. The smallest absolute Gasteiger partial charge is 0.217 e. The summed E-state index contributed by atoms with van der Waals surface area (Å²) in [5.74, 6) is 0.589. The zero-order valence-corrected chi connectivity index (χ0v) is 9.78. The first-order chi connectivity index (χ1) is 7.81. The summed E-state index contributed by atoms with van der Waals surface area (Å²) < 4.78 is 5.18. The van der Waals surface area contributed by atoms with Gasteiger partial charge in [0.1, 0.15) is 0 Å². The molecule has 0 saturated carbocycles. The molecule has 0 spiro atoms. The van der Waals surface area contributed by atoms with Gasteiger partial charge in [0.25, 0.3) is 0 Å². The number of rotatable bonds is 4. The van der Waals surface area contributed by atoms with E-state index in [-0.39, 0.29) is 6.04 Å². The summed E-state index contributed by atoms with van der Waals surface area (Å²) in [6.07, 6.45) is 4.19. The van der Waals surface area contributed by atoms with Gasteiger partial charge in [-0.1, -0.05) is 6.07 Å². The summed E-state index contributed by atoms with van der Waals surface area (Å²) >= 11 is 1.61. The molecule has 0 amide bonds. The molecule has 0 aliphatic heterocycles. The van der Waals surface area contributed by atoms with Crippen LogP contribution in [-0.2, 0) is 6.42 Å². The van der Waals surface area contributed by atoms with E-state index in [1.54, 1.807) is 30.8 Å². The van der Waals surface area contributed by atoms with Gasteiger partial charge in [-0.15, -0.1) is 11.3 Å². The Kier molecular flexibility index (Phi) is 3.48. The molecule has 2 aromatic heterocycles.